The van der Waals surface area contributed by atoms with Crippen molar-refractivity contribution in [3.63, 3.8) is 0 Å². The fourth-order valence-electron chi connectivity index (χ4n) is 2.32. The lowest BCUT2D eigenvalue weighted by Gasteiger charge is -2.38. The number of rotatable bonds is 4. The molecule has 0 amide bonds. The number of hydrogen-bond acceptors (Lipinski definition) is 4. The highest BCUT2D eigenvalue weighted by Gasteiger charge is 2.31. The largest absolute Gasteiger partial charge is 0.481 e. The van der Waals surface area contributed by atoms with Crippen LogP contribution in [-0.4, -0.2) is 30.3 Å². The summed E-state index contributed by atoms with van der Waals surface area (Å²) < 4.78 is 10.9. The van der Waals surface area contributed by atoms with Crippen LogP contribution < -0.4 is 10.1 Å². The Bertz CT molecular complexity index is 380. The molecule has 2 unspecified atom stereocenters. The lowest BCUT2D eigenvalue weighted by molar-refractivity contribution is -0.0708. The fraction of sp³-hybridized carbons (Fsp3) is 0.643. The summed E-state index contributed by atoms with van der Waals surface area (Å²) in [6.07, 6.45) is 4.95. The van der Waals surface area contributed by atoms with Crippen molar-refractivity contribution in [2.75, 3.05) is 19.0 Å². The van der Waals surface area contributed by atoms with Gasteiger partial charge in [-0.2, -0.15) is 0 Å². The van der Waals surface area contributed by atoms with Gasteiger partial charge in [-0.25, -0.2) is 4.98 Å². The molecule has 1 aromatic heterocycles. The van der Waals surface area contributed by atoms with Crippen molar-refractivity contribution in [1.82, 2.24) is 4.98 Å². The van der Waals surface area contributed by atoms with E-state index in [9.17, 15) is 0 Å². The van der Waals surface area contributed by atoms with E-state index in [-0.39, 0.29) is 5.60 Å². The molecule has 1 N–H and O–H groups in total. The van der Waals surface area contributed by atoms with Crippen molar-refractivity contribution in [2.24, 2.45) is 0 Å². The zero-order chi connectivity index (χ0) is 13.0. The summed E-state index contributed by atoms with van der Waals surface area (Å²) in [6.45, 7) is 5.19. The van der Waals surface area contributed by atoms with E-state index in [4.69, 9.17) is 9.47 Å². The van der Waals surface area contributed by atoms with Crippen LogP contribution in [0, 0.1) is 0 Å². The molecule has 2 rings (SSSR count). The third kappa shape index (κ3) is 3.13. The van der Waals surface area contributed by atoms with Gasteiger partial charge in [-0.15, -0.1) is 0 Å². The minimum atomic E-state index is 0.00974. The van der Waals surface area contributed by atoms with Gasteiger partial charge in [0.15, 0.2) is 0 Å². The first-order valence-corrected chi connectivity index (χ1v) is 6.56. The van der Waals surface area contributed by atoms with E-state index in [1.165, 1.54) is 0 Å². The van der Waals surface area contributed by atoms with Crippen LogP contribution in [0.3, 0.4) is 0 Å². The summed E-state index contributed by atoms with van der Waals surface area (Å²) in [7, 11) is 1.63. The molecule has 4 heteroatoms. The number of anilines is 1. The van der Waals surface area contributed by atoms with Crippen LogP contribution in [0.4, 0.5) is 5.69 Å². The topological polar surface area (TPSA) is 43.4 Å². The first kappa shape index (κ1) is 13.1. The predicted molar refractivity (Wildman–Crippen MR) is 72.1 cm³/mol. The van der Waals surface area contributed by atoms with Gasteiger partial charge in [0, 0.05) is 18.7 Å². The molecule has 0 saturated carbocycles. The van der Waals surface area contributed by atoms with Crippen LogP contribution in [0.1, 0.15) is 33.1 Å². The number of pyridine rings is 1. The van der Waals surface area contributed by atoms with E-state index < -0.39 is 0 Å². The minimum Gasteiger partial charge on any atom is -0.481 e. The second kappa shape index (κ2) is 5.57. The average molecular weight is 250 g/mol. The van der Waals surface area contributed by atoms with Crippen LogP contribution in [0.15, 0.2) is 18.3 Å². The van der Waals surface area contributed by atoms with Gasteiger partial charge < -0.3 is 14.8 Å². The average Bonchev–Trinajstić information content (AvgIpc) is 2.40. The Balaban J connectivity index is 1.96. The molecule has 4 nitrogen and oxygen atoms in total. The quantitative estimate of drug-likeness (QED) is 0.892. The number of hydrogen-bond donors (Lipinski definition) is 1. The minimum absolute atomic E-state index is 0.00974. The Morgan fingerprint density at radius 3 is 3.00 bits per heavy atom. The lowest BCUT2D eigenvalue weighted by atomic mass is 9.90. The maximum absolute atomic E-state index is 5.84. The molecule has 0 radical (unpaired) electrons. The van der Waals surface area contributed by atoms with E-state index in [1.807, 2.05) is 18.3 Å². The molecular weight excluding hydrogens is 228 g/mol. The summed E-state index contributed by atoms with van der Waals surface area (Å²) >= 11 is 0. The molecule has 0 aliphatic carbocycles. The molecule has 1 aromatic rings. The zero-order valence-corrected chi connectivity index (χ0v) is 11.4. The first-order chi connectivity index (χ1) is 8.65. The summed E-state index contributed by atoms with van der Waals surface area (Å²) in [5.74, 6) is 0.644. The molecule has 18 heavy (non-hydrogen) atoms. The van der Waals surface area contributed by atoms with Gasteiger partial charge >= 0.3 is 0 Å². The van der Waals surface area contributed by atoms with Crippen LogP contribution in [0.5, 0.6) is 5.88 Å². The molecule has 0 spiro atoms. The van der Waals surface area contributed by atoms with Crippen molar-refractivity contribution in [3.05, 3.63) is 18.3 Å². The number of ether oxygens (including phenoxy) is 2. The van der Waals surface area contributed by atoms with Crippen molar-refractivity contribution < 1.29 is 9.47 Å². The molecule has 0 bridgehead atoms. The molecule has 0 aromatic carbocycles. The van der Waals surface area contributed by atoms with Crippen LogP contribution in [0.25, 0.3) is 0 Å². The Morgan fingerprint density at radius 1 is 1.56 bits per heavy atom. The van der Waals surface area contributed by atoms with E-state index in [2.05, 4.69) is 24.1 Å². The standard InChI is InChI=1S/C14H22N2O2/c1-4-14(2)9-11(7-8-18-14)16-12-5-6-13(17-3)15-10-12/h5-6,10-11,16H,4,7-9H2,1-3H3. The van der Waals surface area contributed by atoms with Gasteiger partial charge in [0.1, 0.15) is 0 Å². The maximum Gasteiger partial charge on any atom is 0.213 e. The summed E-state index contributed by atoms with van der Waals surface area (Å²) in [5, 5.41) is 3.52. The summed E-state index contributed by atoms with van der Waals surface area (Å²) in [4.78, 5) is 4.20. The van der Waals surface area contributed by atoms with Gasteiger partial charge in [-0.1, -0.05) is 6.92 Å². The highest BCUT2D eigenvalue weighted by molar-refractivity contribution is 5.43. The Morgan fingerprint density at radius 2 is 2.39 bits per heavy atom. The number of nitrogens with one attached hydrogen (secondary N) is 1. The van der Waals surface area contributed by atoms with Crippen molar-refractivity contribution >= 4 is 5.69 Å². The second-order valence-electron chi connectivity index (χ2n) is 5.08. The Kier molecular flexibility index (Phi) is 4.07. The lowest BCUT2D eigenvalue weighted by Crippen LogP contribution is -2.41. The number of aromatic nitrogens is 1. The van der Waals surface area contributed by atoms with E-state index in [0.29, 0.717) is 11.9 Å². The van der Waals surface area contributed by atoms with Crippen molar-refractivity contribution in [2.45, 2.75) is 44.8 Å². The highest BCUT2D eigenvalue weighted by Crippen LogP contribution is 2.29. The molecular formula is C14H22N2O2. The van der Waals surface area contributed by atoms with Crippen LogP contribution in [-0.2, 0) is 4.74 Å². The van der Waals surface area contributed by atoms with Crippen molar-refractivity contribution in [1.29, 1.82) is 0 Å². The molecule has 1 saturated heterocycles. The fourth-order valence-corrected chi connectivity index (χ4v) is 2.32. The smallest absolute Gasteiger partial charge is 0.213 e. The maximum atomic E-state index is 5.84. The molecule has 1 aliphatic heterocycles. The van der Waals surface area contributed by atoms with Gasteiger partial charge in [0.25, 0.3) is 0 Å². The third-order valence-electron chi connectivity index (χ3n) is 3.66. The monoisotopic (exact) mass is 250 g/mol. The summed E-state index contributed by atoms with van der Waals surface area (Å²) in [6, 6.07) is 4.34. The molecule has 1 fully saturated rings. The summed E-state index contributed by atoms with van der Waals surface area (Å²) in [5.41, 5.74) is 1.05. The molecule has 100 valence electrons. The number of nitrogens with zero attached hydrogens (tertiary/aromatic N) is 1. The van der Waals surface area contributed by atoms with E-state index in [0.717, 1.165) is 31.6 Å². The Hall–Kier alpha value is -1.29. The second-order valence-corrected chi connectivity index (χ2v) is 5.08. The van der Waals surface area contributed by atoms with Crippen LogP contribution in [0.2, 0.25) is 0 Å². The van der Waals surface area contributed by atoms with Crippen LogP contribution >= 0.6 is 0 Å². The third-order valence-corrected chi connectivity index (χ3v) is 3.66. The van der Waals surface area contributed by atoms with Gasteiger partial charge in [0.05, 0.1) is 24.6 Å². The molecule has 2 heterocycles. The Labute approximate surface area is 109 Å². The van der Waals surface area contributed by atoms with Gasteiger partial charge in [-0.3, -0.25) is 0 Å². The van der Waals surface area contributed by atoms with Crippen molar-refractivity contribution in [3.8, 4) is 5.88 Å². The first-order valence-electron chi connectivity index (χ1n) is 6.56. The number of methoxy groups -OCH3 is 1. The van der Waals surface area contributed by atoms with E-state index >= 15 is 0 Å². The predicted octanol–water partition coefficient (Wildman–Crippen LogP) is 2.85. The highest BCUT2D eigenvalue weighted by atomic mass is 16.5. The molecule has 1 aliphatic rings. The van der Waals surface area contributed by atoms with Gasteiger partial charge in [-0.05, 0) is 32.3 Å². The molecule has 2 atom stereocenters. The zero-order valence-electron chi connectivity index (χ0n) is 11.4. The normalized spacial score (nSPS) is 27.8. The van der Waals surface area contributed by atoms with E-state index in [1.54, 1.807) is 7.11 Å². The van der Waals surface area contributed by atoms with Gasteiger partial charge in [0.2, 0.25) is 5.88 Å². The SMILES string of the molecule is CCC1(C)CC(Nc2ccc(OC)nc2)CCO1.